The Morgan fingerprint density at radius 2 is 2.00 bits per heavy atom. The smallest absolute Gasteiger partial charge is 0.307 e. The van der Waals surface area contributed by atoms with E-state index in [1.165, 1.54) is 0 Å². The highest BCUT2D eigenvalue weighted by Crippen LogP contribution is 2.20. The minimum absolute atomic E-state index is 0.0830. The van der Waals surface area contributed by atoms with E-state index in [4.69, 9.17) is 5.11 Å². The number of anilines is 1. The van der Waals surface area contributed by atoms with E-state index in [9.17, 15) is 9.59 Å². The van der Waals surface area contributed by atoms with Crippen LogP contribution in [-0.4, -0.2) is 27.2 Å². The van der Waals surface area contributed by atoms with Crippen molar-refractivity contribution in [3.05, 3.63) is 47.3 Å². The van der Waals surface area contributed by atoms with Crippen LogP contribution in [0.25, 0.3) is 0 Å². The summed E-state index contributed by atoms with van der Waals surface area (Å²) >= 11 is 0. The molecule has 6 nitrogen and oxygen atoms in total. The van der Waals surface area contributed by atoms with Gasteiger partial charge in [-0.25, -0.2) is 0 Å². The van der Waals surface area contributed by atoms with Crippen molar-refractivity contribution in [1.29, 1.82) is 0 Å². The molecule has 0 spiro atoms. The lowest BCUT2D eigenvalue weighted by Crippen LogP contribution is -2.13. The van der Waals surface area contributed by atoms with Crippen molar-refractivity contribution < 1.29 is 14.7 Å². The Bertz CT molecular complexity index is 699. The molecule has 1 aromatic heterocycles. The molecule has 0 aliphatic carbocycles. The Hall–Kier alpha value is -2.63. The number of rotatable bonds is 4. The first-order valence-electron chi connectivity index (χ1n) is 6.93. The second kappa shape index (κ2) is 6.01. The molecule has 1 aromatic carbocycles. The summed E-state index contributed by atoms with van der Waals surface area (Å²) in [6.07, 6.45) is -0.0830. The quantitative estimate of drug-likeness (QED) is 0.809. The maximum absolute atomic E-state index is 12.2. The number of nitrogens with zero attached hydrogens (tertiary/aromatic N) is 1. The molecular formula is C16H19N3O3. The fraction of sp³-hybridized carbons (Fsp3) is 0.312. The molecule has 0 saturated heterocycles. The average Bonchev–Trinajstić information content (AvgIpc) is 2.87. The zero-order valence-electron chi connectivity index (χ0n) is 12.8. The van der Waals surface area contributed by atoms with Gasteiger partial charge in [0.05, 0.1) is 6.42 Å². The van der Waals surface area contributed by atoms with Crippen LogP contribution in [0.3, 0.4) is 0 Å². The van der Waals surface area contributed by atoms with Crippen LogP contribution in [0.15, 0.2) is 30.3 Å². The molecule has 2 aromatic rings. The number of carbonyl (C=O) groups excluding carboxylic acids is 1. The monoisotopic (exact) mass is 301 g/mol. The predicted octanol–water partition coefficient (Wildman–Crippen LogP) is 2.59. The van der Waals surface area contributed by atoms with E-state index in [2.05, 4.69) is 15.5 Å². The van der Waals surface area contributed by atoms with E-state index in [-0.39, 0.29) is 17.7 Å². The molecule has 116 valence electrons. The van der Waals surface area contributed by atoms with Crippen molar-refractivity contribution in [3.8, 4) is 0 Å². The van der Waals surface area contributed by atoms with E-state index in [1.54, 1.807) is 30.3 Å². The van der Waals surface area contributed by atoms with E-state index >= 15 is 0 Å². The Labute approximate surface area is 128 Å². The molecule has 0 fully saturated rings. The summed E-state index contributed by atoms with van der Waals surface area (Å²) in [7, 11) is 0. The molecule has 0 atom stereocenters. The number of carboxylic acids is 1. The van der Waals surface area contributed by atoms with E-state index in [1.807, 2.05) is 20.8 Å². The van der Waals surface area contributed by atoms with Gasteiger partial charge in [-0.1, -0.05) is 32.9 Å². The zero-order valence-corrected chi connectivity index (χ0v) is 12.8. The number of carbonyl (C=O) groups is 2. The summed E-state index contributed by atoms with van der Waals surface area (Å²) in [4.78, 5) is 22.9. The fourth-order valence-corrected chi connectivity index (χ4v) is 1.95. The molecule has 0 aliphatic heterocycles. The van der Waals surface area contributed by atoms with Crippen LogP contribution in [-0.2, 0) is 16.6 Å². The number of H-pyrrole nitrogens is 1. The van der Waals surface area contributed by atoms with Gasteiger partial charge in [0, 0.05) is 16.8 Å². The van der Waals surface area contributed by atoms with Gasteiger partial charge in [0.1, 0.15) is 0 Å². The van der Waals surface area contributed by atoms with Crippen LogP contribution < -0.4 is 5.32 Å². The molecule has 6 heteroatoms. The minimum atomic E-state index is -0.911. The number of benzene rings is 1. The highest BCUT2D eigenvalue weighted by molar-refractivity contribution is 6.03. The molecule has 0 bridgehead atoms. The van der Waals surface area contributed by atoms with E-state index in [0.29, 0.717) is 16.9 Å². The second-order valence-electron chi connectivity index (χ2n) is 6.14. The number of hydrogen-bond acceptors (Lipinski definition) is 3. The number of aliphatic carboxylic acids is 1. The first-order chi connectivity index (χ1) is 10.3. The van der Waals surface area contributed by atoms with Crippen molar-refractivity contribution in [2.75, 3.05) is 5.32 Å². The SMILES string of the molecule is CC(C)(C)c1cc(C(=O)Nc2cccc(CC(=O)O)c2)n[nH]1. The van der Waals surface area contributed by atoms with Crippen LogP contribution in [0.4, 0.5) is 5.69 Å². The fourth-order valence-electron chi connectivity index (χ4n) is 1.95. The van der Waals surface area contributed by atoms with Crippen LogP contribution in [0.1, 0.15) is 42.5 Å². The number of hydrogen-bond donors (Lipinski definition) is 3. The summed E-state index contributed by atoms with van der Waals surface area (Å²) in [6, 6.07) is 8.48. The highest BCUT2D eigenvalue weighted by atomic mass is 16.4. The van der Waals surface area contributed by atoms with Crippen molar-refractivity contribution in [3.63, 3.8) is 0 Å². The molecule has 2 rings (SSSR count). The van der Waals surface area contributed by atoms with Gasteiger partial charge in [-0.3, -0.25) is 14.7 Å². The van der Waals surface area contributed by atoms with E-state index in [0.717, 1.165) is 5.69 Å². The van der Waals surface area contributed by atoms with E-state index < -0.39 is 5.97 Å². The molecule has 22 heavy (non-hydrogen) atoms. The third kappa shape index (κ3) is 3.94. The van der Waals surface area contributed by atoms with Crippen LogP contribution in [0.5, 0.6) is 0 Å². The number of amides is 1. The molecule has 1 heterocycles. The van der Waals surface area contributed by atoms with Crippen molar-refractivity contribution in [1.82, 2.24) is 10.2 Å². The lowest BCUT2D eigenvalue weighted by molar-refractivity contribution is -0.136. The molecule has 0 aliphatic rings. The summed E-state index contributed by atoms with van der Waals surface area (Å²) < 4.78 is 0. The van der Waals surface area contributed by atoms with Crippen LogP contribution >= 0.6 is 0 Å². The topological polar surface area (TPSA) is 95.1 Å². The third-order valence-electron chi connectivity index (χ3n) is 3.16. The summed E-state index contributed by atoms with van der Waals surface area (Å²) in [5.74, 6) is -1.25. The van der Waals surface area contributed by atoms with Gasteiger partial charge in [0.25, 0.3) is 5.91 Å². The van der Waals surface area contributed by atoms with Crippen LogP contribution in [0.2, 0.25) is 0 Å². The van der Waals surface area contributed by atoms with Crippen LogP contribution in [0, 0.1) is 0 Å². The van der Waals surface area contributed by atoms with Gasteiger partial charge < -0.3 is 10.4 Å². The van der Waals surface area contributed by atoms with Gasteiger partial charge in [0.15, 0.2) is 5.69 Å². The van der Waals surface area contributed by atoms with Gasteiger partial charge in [-0.2, -0.15) is 5.10 Å². The van der Waals surface area contributed by atoms with Crippen molar-refractivity contribution in [2.45, 2.75) is 32.6 Å². The predicted molar refractivity (Wildman–Crippen MR) is 83.0 cm³/mol. The number of carboxylic acid groups (broad SMARTS) is 1. The zero-order chi connectivity index (χ0) is 16.3. The Kier molecular flexibility index (Phi) is 4.30. The summed E-state index contributed by atoms with van der Waals surface area (Å²) in [5, 5.41) is 18.4. The molecule has 0 saturated carbocycles. The normalized spacial score (nSPS) is 11.2. The maximum Gasteiger partial charge on any atom is 0.307 e. The lowest BCUT2D eigenvalue weighted by Gasteiger charge is -2.14. The average molecular weight is 301 g/mol. The van der Waals surface area contributed by atoms with Crippen molar-refractivity contribution >= 4 is 17.6 Å². The largest absolute Gasteiger partial charge is 0.481 e. The maximum atomic E-state index is 12.2. The Morgan fingerprint density at radius 3 is 2.59 bits per heavy atom. The molecule has 0 unspecified atom stereocenters. The van der Waals surface area contributed by atoms with Gasteiger partial charge in [0.2, 0.25) is 0 Å². The molecule has 0 radical (unpaired) electrons. The molecule has 1 amide bonds. The summed E-state index contributed by atoms with van der Waals surface area (Å²) in [5.41, 5.74) is 2.23. The summed E-state index contributed by atoms with van der Waals surface area (Å²) in [6.45, 7) is 6.08. The lowest BCUT2D eigenvalue weighted by atomic mass is 9.92. The first-order valence-corrected chi connectivity index (χ1v) is 6.93. The second-order valence-corrected chi connectivity index (χ2v) is 6.14. The van der Waals surface area contributed by atoms with Crippen molar-refractivity contribution in [2.24, 2.45) is 0 Å². The molecule has 3 N–H and O–H groups in total. The Balaban J connectivity index is 2.12. The number of aromatic amines is 1. The number of aromatic nitrogens is 2. The standard InChI is InChI=1S/C16H19N3O3/c1-16(2,3)13-9-12(18-19-13)15(22)17-11-6-4-5-10(7-11)8-14(20)21/h4-7,9H,8H2,1-3H3,(H,17,22)(H,18,19)(H,20,21). The highest BCUT2D eigenvalue weighted by Gasteiger charge is 2.19. The number of nitrogens with one attached hydrogen (secondary N) is 2. The van der Waals surface area contributed by atoms with Gasteiger partial charge >= 0.3 is 5.97 Å². The minimum Gasteiger partial charge on any atom is -0.481 e. The third-order valence-corrected chi connectivity index (χ3v) is 3.16. The Morgan fingerprint density at radius 1 is 1.27 bits per heavy atom. The first kappa shape index (κ1) is 15.8. The van der Waals surface area contributed by atoms with Gasteiger partial charge in [-0.15, -0.1) is 0 Å². The molecular weight excluding hydrogens is 282 g/mol. The van der Waals surface area contributed by atoms with Gasteiger partial charge in [-0.05, 0) is 23.8 Å².